The molecule has 0 fully saturated rings. The molecule has 1 unspecified atom stereocenters. The first-order valence-corrected chi connectivity index (χ1v) is 6.00. The largest absolute Gasteiger partial charge is 0.508 e. The van der Waals surface area contributed by atoms with Crippen LogP contribution in [-0.4, -0.2) is 15.1 Å². The van der Waals surface area contributed by atoms with Crippen molar-refractivity contribution in [3.8, 4) is 11.5 Å². The second-order valence-corrected chi connectivity index (χ2v) is 4.41. The van der Waals surface area contributed by atoms with E-state index in [9.17, 15) is 20.3 Å². The minimum absolute atomic E-state index is 0.0170. The van der Waals surface area contributed by atoms with Crippen molar-refractivity contribution >= 4 is 11.4 Å². The lowest BCUT2D eigenvalue weighted by atomic mass is 10.1. The number of nitrogens with zero attached hydrogens (tertiary/aromatic N) is 1. The quantitative estimate of drug-likeness (QED) is 0.452. The van der Waals surface area contributed by atoms with Crippen LogP contribution in [0.1, 0.15) is 18.5 Å². The Morgan fingerprint density at radius 2 is 1.80 bits per heavy atom. The molecule has 0 radical (unpaired) electrons. The first-order chi connectivity index (χ1) is 9.47. The second-order valence-electron chi connectivity index (χ2n) is 4.41. The molecule has 0 spiro atoms. The highest BCUT2D eigenvalue weighted by molar-refractivity contribution is 5.51. The zero-order chi connectivity index (χ0) is 14.7. The number of phenols is 2. The van der Waals surface area contributed by atoms with Gasteiger partial charge in [0, 0.05) is 23.4 Å². The van der Waals surface area contributed by atoms with Crippen molar-refractivity contribution in [3.05, 3.63) is 58.1 Å². The third-order valence-electron chi connectivity index (χ3n) is 2.94. The number of phenolic OH excluding ortho intramolecular Hbond substituents is 2. The monoisotopic (exact) mass is 274 g/mol. The number of benzene rings is 2. The maximum Gasteiger partial charge on any atom is 0.269 e. The van der Waals surface area contributed by atoms with Gasteiger partial charge in [-0.1, -0.05) is 0 Å². The Labute approximate surface area is 115 Å². The Morgan fingerprint density at radius 3 is 2.40 bits per heavy atom. The lowest BCUT2D eigenvalue weighted by Crippen LogP contribution is -2.06. The second kappa shape index (κ2) is 5.48. The Kier molecular flexibility index (Phi) is 3.74. The minimum atomic E-state index is -0.464. The van der Waals surface area contributed by atoms with Crippen LogP contribution in [0, 0.1) is 10.1 Å². The zero-order valence-corrected chi connectivity index (χ0v) is 10.8. The number of anilines is 1. The van der Waals surface area contributed by atoms with Gasteiger partial charge in [0.1, 0.15) is 11.5 Å². The summed E-state index contributed by atoms with van der Waals surface area (Å²) >= 11 is 0. The predicted molar refractivity (Wildman–Crippen MR) is 74.9 cm³/mol. The molecule has 0 aliphatic heterocycles. The van der Waals surface area contributed by atoms with Gasteiger partial charge >= 0.3 is 0 Å². The van der Waals surface area contributed by atoms with Crippen molar-refractivity contribution in [3.63, 3.8) is 0 Å². The SMILES string of the molecule is CC(Nc1ccc([N+](=O)[O-])cc1)c1cc(O)ccc1O. The average molecular weight is 274 g/mol. The van der Waals surface area contributed by atoms with E-state index in [0.29, 0.717) is 11.3 Å². The average Bonchev–Trinajstić information content (AvgIpc) is 2.42. The summed E-state index contributed by atoms with van der Waals surface area (Å²) in [6.45, 7) is 1.82. The van der Waals surface area contributed by atoms with Gasteiger partial charge < -0.3 is 15.5 Å². The van der Waals surface area contributed by atoms with E-state index in [0.717, 1.165) is 0 Å². The summed E-state index contributed by atoms with van der Waals surface area (Å²) in [5.74, 6) is 0.139. The first kappa shape index (κ1) is 13.7. The molecule has 2 aromatic carbocycles. The van der Waals surface area contributed by atoms with Crippen molar-refractivity contribution in [2.75, 3.05) is 5.32 Å². The van der Waals surface area contributed by atoms with Crippen molar-refractivity contribution in [1.29, 1.82) is 0 Å². The van der Waals surface area contributed by atoms with Crippen LogP contribution in [0.5, 0.6) is 11.5 Å². The molecule has 3 N–H and O–H groups in total. The van der Waals surface area contributed by atoms with Gasteiger partial charge in [-0.05, 0) is 37.3 Å². The van der Waals surface area contributed by atoms with Crippen molar-refractivity contribution in [2.45, 2.75) is 13.0 Å². The van der Waals surface area contributed by atoms with Crippen LogP contribution < -0.4 is 5.32 Å². The fourth-order valence-corrected chi connectivity index (χ4v) is 1.90. The maximum atomic E-state index is 10.6. The molecule has 0 aliphatic carbocycles. The molecule has 0 bridgehead atoms. The Morgan fingerprint density at radius 1 is 1.15 bits per heavy atom. The smallest absolute Gasteiger partial charge is 0.269 e. The number of nitro benzene ring substituents is 1. The molecule has 2 rings (SSSR count). The fraction of sp³-hybridized carbons (Fsp3) is 0.143. The van der Waals surface area contributed by atoms with E-state index < -0.39 is 4.92 Å². The fourth-order valence-electron chi connectivity index (χ4n) is 1.90. The molecule has 0 saturated carbocycles. The van der Waals surface area contributed by atoms with Crippen molar-refractivity contribution in [2.24, 2.45) is 0 Å². The summed E-state index contributed by atoms with van der Waals surface area (Å²) in [4.78, 5) is 10.1. The number of aromatic hydroxyl groups is 2. The molecule has 0 amide bonds. The number of rotatable bonds is 4. The van der Waals surface area contributed by atoms with Crippen LogP contribution in [0.4, 0.5) is 11.4 Å². The summed E-state index contributed by atoms with van der Waals surface area (Å²) in [6.07, 6.45) is 0. The number of nitrogens with one attached hydrogen (secondary N) is 1. The first-order valence-electron chi connectivity index (χ1n) is 6.00. The Bertz CT molecular complexity index is 626. The molecule has 0 aliphatic rings. The molecular weight excluding hydrogens is 260 g/mol. The zero-order valence-electron chi connectivity index (χ0n) is 10.8. The third kappa shape index (κ3) is 2.97. The van der Waals surface area contributed by atoms with Gasteiger partial charge in [0.25, 0.3) is 5.69 Å². The van der Waals surface area contributed by atoms with Crippen molar-refractivity contribution < 1.29 is 15.1 Å². The highest BCUT2D eigenvalue weighted by Crippen LogP contribution is 2.30. The van der Waals surface area contributed by atoms with Gasteiger partial charge in [-0.25, -0.2) is 0 Å². The van der Waals surface area contributed by atoms with E-state index in [-0.39, 0.29) is 23.2 Å². The third-order valence-corrected chi connectivity index (χ3v) is 2.94. The van der Waals surface area contributed by atoms with E-state index >= 15 is 0 Å². The molecule has 6 heteroatoms. The van der Waals surface area contributed by atoms with Gasteiger partial charge in [-0.3, -0.25) is 10.1 Å². The Balaban J connectivity index is 2.16. The standard InChI is InChI=1S/C14H14N2O4/c1-9(13-8-12(17)6-7-14(13)18)15-10-2-4-11(5-3-10)16(19)20/h2-9,15,17-18H,1H3. The summed E-state index contributed by atoms with van der Waals surface area (Å²) in [6, 6.07) is 10.0. The molecular formula is C14H14N2O4. The van der Waals surface area contributed by atoms with Gasteiger partial charge in [-0.15, -0.1) is 0 Å². The summed E-state index contributed by atoms with van der Waals surface area (Å²) in [5, 5.41) is 32.9. The van der Waals surface area contributed by atoms with Crippen LogP contribution >= 0.6 is 0 Å². The van der Waals surface area contributed by atoms with Crippen LogP contribution in [0.15, 0.2) is 42.5 Å². The molecule has 0 heterocycles. The topological polar surface area (TPSA) is 95.6 Å². The van der Waals surface area contributed by atoms with Crippen LogP contribution in [-0.2, 0) is 0 Å². The normalized spacial score (nSPS) is 11.8. The minimum Gasteiger partial charge on any atom is -0.508 e. The van der Waals surface area contributed by atoms with E-state index in [1.165, 1.54) is 30.3 Å². The predicted octanol–water partition coefficient (Wildman–Crippen LogP) is 3.18. The summed E-state index contributed by atoms with van der Waals surface area (Å²) < 4.78 is 0. The van der Waals surface area contributed by atoms with Crippen LogP contribution in [0.2, 0.25) is 0 Å². The van der Waals surface area contributed by atoms with Gasteiger partial charge in [0.2, 0.25) is 0 Å². The lowest BCUT2D eigenvalue weighted by molar-refractivity contribution is -0.384. The molecule has 0 aromatic heterocycles. The number of hydrogen-bond donors (Lipinski definition) is 3. The van der Waals surface area contributed by atoms with Crippen LogP contribution in [0.3, 0.4) is 0 Å². The Hall–Kier alpha value is -2.76. The molecule has 104 valence electrons. The molecule has 2 aromatic rings. The summed E-state index contributed by atoms with van der Waals surface area (Å²) in [7, 11) is 0. The summed E-state index contributed by atoms with van der Waals surface area (Å²) in [5.41, 5.74) is 1.25. The molecule has 1 atom stereocenters. The van der Waals surface area contributed by atoms with Crippen molar-refractivity contribution in [1.82, 2.24) is 0 Å². The van der Waals surface area contributed by atoms with Gasteiger partial charge in [-0.2, -0.15) is 0 Å². The number of hydrogen-bond acceptors (Lipinski definition) is 5. The van der Waals surface area contributed by atoms with Gasteiger partial charge in [0.05, 0.1) is 11.0 Å². The van der Waals surface area contributed by atoms with E-state index in [1.807, 2.05) is 6.92 Å². The maximum absolute atomic E-state index is 10.6. The van der Waals surface area contributed by atoms with E-state index in [2.05, 4.69) is 5.32 Å². The van der Waals surface area contributed by atoms with Crippen LogP contribution in [0.25, 0.3) is 0 Å². The molecule has 6 nitrogen and oxygen atoms in total. The number of non-ortho nitro benzene ring substituents is 1. The van der Waals surface area contributed by atoms with E-state index in [4.69, 9.17) is 0 Å². The highest BCUT2D eigenvalue weighted by Gasteiger charge is 2.12. The number of nitro groups is 1. The van der Waals surface area contributed by atoms with Gasteiger partial charge in [0.15, 0.2) is 0 Å². The lowest BCUT2D eigenvalue weighted by Gasteiger charge is -2.17. The highest BCUT2D eigenvalue weighted by atomic mass is 16.6. The van der Waals surface area contributed by atoms with E-state index in [1.54, 1.807) is 12.1 Å². The molecule has 0 saturated heterocycles. The molecule has 20 heavy (non-hydrogen) atoms.